The fraction of sp³-hybridized carbons (Fsp3) is 0. The maximum Gasteiger partial charge on any atom is 0.312 e. The molecule has 0 aliphatic heterocycles. The molecule has 0 unspecified atom stereocenters. The van der Waals surface area contributed by atoms with Gasteiger partial charge in [-0.3, -0.25) is 4.99 Å². The van der Waals surface area contributed by atoms with Gasteiger partial charge in [-0.2, -0.15) is 0 Å². The van der Waals surface area contributed by atoms with Crippen LogP contribution in [0.25, 0.3) is 11.5 Å². The Morgan fingerprint density at radius 2 is 1.95 bits per heavy atom. The quantitative estimate of drug-likeness (QED) is 0.688. The van der Waals surface area contributed by atoms with Crippen molar-refractivity contribution in [3.8, 4) is 17.4 Å². The number of aromatic nitrogens is 1. The molecule has 0 fully saturated rings. The minimum Gasteiger partial charge on any atom is -0.479 e. The van der Waals surface area contributed by atoms with Crippen LogP contribution in [0.3, 0.4) is 0 Å². The second kappa shape index (κ2) is 6.11. The third-order valence-electron chi connectivity index (χ3n) is 2.87. The molecule has 0 amide bonds. The van der Waals surface area contributed by atoms with Crippen molar-refractivity contribution in [1.82, 2.24) is 4.98 Å². The van der Waals surface area contributed by atoms with E-state index < -0.39 is 0 Å². The molecule has 2 aromatic carbocycles. The molecule has 110 valence electrons. The van der Waals surface area contributed by atoms with Gasteiger partial charge >= 0.3 is 5.95 Å². The summed E-state index contributed by atoms with van der Waals surface area (Å²) in [6.45, 7) is 0. The lowest BCUT2D eigenvalue weighted by molar-refractivity contribution is 0.337. The van der Waals surface area contributed by atoms with Crippen LogP contribution in [-0.4, -0.2) is 16.3 Å². The average Bonchev–Trinajstić information content (AvgIpc) is 2.87. The number of aromatic hydroxyl groups is 1. The lowest BCUT2D eigenvalue weighted by Crippen LogP contribution is -1.83. The number of rotatable bonds is 3. The Bertz CT molecular complexity index is 828. The summed E-state index contributed by atoms with van der Waals surface area (Å²) in [6, 6.07) is 13.1. The van der Waals surface area contributed by atoms with Gasteiger partial charge in [-0.1, -0.05) is 22.0 Å². The van der Waals surface area contributed by atoms with E-state index in [2.05, 4.69) is 25.9 Å². The number of halogens is 2. The van der Waals surface area contributed by atoms with Crippen molar-refractivity contribution >= 4 is 27.8 Å². The predicted molar refractivity (Wildman–Crippen MR) is 85.0 cm³/mol. The Morgan fingerprint density at radius 1 is 1.18 bits per heavy atom. The van der Waals surface area contributed by atoms with Crippen LogP contribution in [0.1, 0.15) is 5.69 Å². The SMILES string of the molecule is Oc1oc(-c2ccc(Br)cc2)nc1C=Nc1cccc(F)c1. The predicted octanol–water partition coefficient (Wildman–Crippen LogP) is 4.70. The van der Waals surface area contributed by atoms with Gasteiger partial charge in [0.05, 0.1) is 11.9 Å². The smallest absolute Gasteiger partial charge is 0.312 e. The summed E-state index contributed by atoms with van der Waals surface area (Å²) in [5.74, 6) is -0.432. The summed E-state index contributed by atoms with van der Waals surface area (Å²) in [5, 5.41) is 9.78. The number of hydrogen-bond acceptors (Lipinski definition) is 4. The summed E-state index contributed by atoms with van der Waals surface area (Å²) in [6.07, 6.45) is 1.33. The monoisotopic (exact) mass is 360 g/mol. The number of benzene rings is 2. The molecule has 0 bridgehead atoms. The molecule has 0 spiro atoms. The van der Waals surface area contributed by atoms with Gasteiger partial charge < -0.3 is 9.52 Å². The van der Waals surface area contributed by atoms with Gasteiger partial charge in [0.15, 0.2) is 5.69 Å². The van der Waals surface area contributed by atoms with Crippen LogP contribution in [0.2, 0.25) is 0 Å². The van der Waals surface area contributed by atoms with Gasteiger partial charge in [-0.25, -0.2) is 9.37 Å². The van der Waals surface area contributed by atoms with E-state index >= 15 is 0 Å². The van der Waals surface area contributed by atoms with Crippen LogP contribution in [0, 0.1) is 5.82 Å². The molecule has 1 aromatic heterocycles. The highest BCUT2D eigenvalue weighted by Gasteiger charge is 2.12. The van der Waals surface area contributed by atoms with Gasteiger partial charge in [-0.05, 0) is 42.5 Å². The Kier molecular flexibility index (Phi) is 4.02. The first-order chi connectivity index (χ1) is 10.6. The molecule has 0 aliphatic carbocycles. The van der Waals surface area contributed by atoms with Crippen LogP contribution < -0.4 is 0 Å². The highest BCUT2D eigenvalue weighted by atomic mass is 79.9. The fourth-order valence-corrected chi connectivity index (χ4v) is 2.08. The van der Waals surface area contributed by atoms with Crippen LogP contribution in [-0.2, 0) is 0 Å². The van der Waals surface area contributed by atoms with Crippen molar-refractivity contribution in [3.05, 3.63) is 64.5 Å². The molecule has 3 aromatic rings. The summed E-state index contributed by atoms with van der Waals surface area (Å²) < 4.78 is 19.2. The topological polar surface area (TPSA) is 58.6 Å². The normalized spacial score (nSPS) is 11.2. The largest absolute Gasteiger partial charge is 0.479 e. The first kappa shape index (κ1) is 14.5. The van der Waals surface area contributed by atoms with Crippen molar-refractivity contribution in [2.24, 2.45) is 4.99 Å². The van der Waals surface area contributed by atoms with E-state index in [1.165, 1.54) is 18.3 Å². The van der Waals surface area contributed by atoms with E-state index in [4.69, 9.17) is 4.42 Å². The van der Waals surface area contributed by atoms with Gasteiger partial charge in [0, 0.05) is 10.0 Å². The van der Waals surface area contributed by atoms with Crippen molar-refractivity contribution in [3.63, 3.8) is 0 Å². The lowest BCUT2D eigenvalue weighted by atomic mass is 10.2. The van der Waals surface area contributed by atoms with Crippen molar-refractivity contribution in [2.45, 2.75) is 0 Å². The van der Waals surface area contributed by atoms with E-state index in [-0.39, 0.29) is 23.3 Å². The lowest BCUT2D eigenvalue weighted by Gasteiger charge is -1.94. The van der Waals surface area contributed by atoms with Crippen molar-refractivity contribution in [1.29, 1.82) is 0 Å². The summed E-state index contributed by atoms with van der Waals surface area (Å²) in [7, 11) is 0. The molecular formula is C16H10BrFN2O2. The summed E-state index contributed by atoms with van der Waals surface area (Å²) in [4.78, 5) is 8.24. The van der Waals surface area contributed by atoms with Crippen LogP contribution in [0.15, 0.2) is 62.4 Å². The van der Waals surface area contributed by atoms with Gasteiger partial charge in [-0.15, -0.1) is 0 Å². The first-order valence-electron chi connectivity index (χ1n) is 6.37. The van der Waals surface area contributed by atoms with Crippen molar-refractivity contribution in [2.75, 3.05) is 0 Å². The van der Waals surface area contributed by atoms with Crippen LogP contribution in [0.4, 0.5) is 10.1 Å². The molecule has 6 heteroatoms. The molecule has 1 heterocycles. The molecule has 0 aliphatic rings. The van der Waals surface area contributed by atoms with Gasteiger partial charge in [0.1, 0.15) is 5.82 Å². The zero-order valence-corrected chi connectivity index (χ0v) is 12.8. The highest BCUT2D eigenvalue weighted by Crippen LogP contribution is 2.27. The summed E-state index contributed by atoms with van der Waals surface area (Å²) >= 11 is 3.34. The molecular weight excluding hydrogens is 351 g/mol. The second-order valence-corrected chi connectivity index (χ2v) is 5.37. The van der Waals surface area contributed by atoms with E-state index in [9.17, 15) is 9.50 Å². The molecule has 0 atom stereocenters. The minimum absolute atomic E-state index is 0.183. The van der Waals surface area contributed by atoms with Gasteiger partial charge in [0.2, 0.25) is 5.89 Å². The Labute approximate surface area is 134 Å². The first-order valence-corrected chi connectivity index (χ1v) is 7.16. The third kappa shape index (κ3) is 3.23. The number of aliphatic imine (C=N–C) groups is 1. The zero-order valence-electron chi connectivity index (χ0n) is 11.2. The number of oxazole rings is 1. The maximum atomic E-state index is 13.1. The van der Waals surface area contributed by atoms with Gasteiger partial charge in [0.25, 0.3) is 0 Å². The Hall–Kier alpha value is -2.47. The molecule has 1 N–H and O–H groups in total. The van der Waals surface area contributed by atoms with Crippen molar-refractivity contribution < 1.29 is 13.9 Å². The fourth-order valence-electron chi connectivity index (χ4n) is 1.82. The van der Waals surface area contributed by atoms with Crippen LogP contribution in [0.5, 0.6) is 5.95 Å². The zero-order chi connectivity index (χ0) is 15.5. The third-order valence-corrected chi connectivity index (χ3v) is 3.40. The average molecular weight is 361 g/mol. The molecule has 3 rings (SSSR count). The Morgan fingerprint density at radius 3 is 2.68 bits per heavy atom. The Balaban J connectivity index is 1.88. The second-order valence-electron chi connectivity index (χ2n) is 4.45. The van der Waals surface area contributed by atoms with E-state index in [1.807, 2.05) is 24.3 Å². The molecule has 4 nitrogen and oxygen atoms in total. The minimum atomic E-state index is -0.380. The molecule has 0 saturated heterocycles. The number of nitrogens with zero attached hydrogens (tertiary/aromatic N) is 2. The van der Waals surface area contributed by atoms with E-state index in [1.54, 1.807) is 12.1 Å². The van der Waals surface area contributed by atoms with E-state index in [0.29, 0.717) is 5.69 Å². The molecule has 0 radical (unpaired) electrons. The molecule has 22 heavy (non-hydrogen) atoms. The van der Waals surface area contributed by atoms with E-state index in [0.717, 1.165) is 10.0 Å². The summed E-state index contributed by atoms with van der Waals surface area (Å²) in [5.41, 5.74) is 1.33. The van der Waals surface area contributed by atoms with Crippen LogP contribution >= 0.6 is 15.9 Å². The highest BCUT2D eigenvalue weighted by molar-refractivity contribution is 9.10. The number of hydrogen-bond donors (Lipinski definition) is 1. The standard InChI is InChI=1S/C16H10BrFN2O2/c17-11-6-4-10(5-7-11)15-20-14(16(21)22-15)9-19-13-3-1-2-12(18)8-13/h1-9,21H. The maximum absolute atomic E-state index is 13.1. The molecule has 0 saturated carbocycles.